The second-order valence-electron chi connectivity index (χ2n) is 12.3. The summed E-state index contributed by atoms with van der Waals surface area (Å²) in [7, 11) is 0. The minimum atomic E-state index is -3.84. The third kappa shape index (κ3) is 5.31. The third-order valence-electron chi connectivity index (χ3n) is 8.86. The number of amides is 1. The van der Waals surface area contributed by atoms with Crippen LogP contribution in [0, 0.1) is 0 Å². The summed E-state index contributed by atoms with van der Waals surface area (Å²) in [5.41, 5.74) is 4.38. The van der Waals surface area contributed by atoms with Crippen LogP contribution < -0.4 is 10.1 Å². The number of rotatable bonds is 6. The summed E-state index contributed by atoms with van der Waals surface area (Å²) in [6.45, 7) is 2.93. The van der Waals surface area contributed by atoms with Crippen LogP contribution in [0.2, 0.25) is 0 Å². The van der Waals surface area contributed by atoms with Crippen molar-refractivity contribution in [1.29, 1.82) is 0 Å². The zero-order valence-corrected chi connectivity index (χ0v) is 27.0. The molecule has 0 spiro atoms. The van der Waals surface area contributed by atoms with Crippen LogP contribution in [-0.2, 0) is 17.8 Å². The van der Waals surface area contributed by atoms with Gasteiger partial charge in [0.15, 0.2) is 0 Å². The molecule has 50 heavy (non-hydrogen) atoms. The summed E-state index contributed by atoms with van der Waals surface area (Å²) in [6.07, 6.45) is 6.16. The van der Waals surface area contributed by atoms with Crippen molar-refractivity contribution >= 4 is 45.1 Å². The minimum Gasteiger partial charge on any atom is -0.420 e. The zero-order valence-electron chi connectivity index (χ0n) is 26.3. The highest BCUT2D eigenvalue weighted by Gasteiger charge is 2.29. The monoisotopic (exact) mass is 690 g/mol. The number of hydrogen-bond donors (Lipinski definition) is 1. The first-order valence-corrected chi connectivity index (χ1v) is 16.1. The molecular weight excluding hydrogens is 666 g/mol. The number of carbonyl (C=O) groups excluding carboxylic acids is 1. The number of fused-ring (bicyclic) bond motifs is 7. The van der Waals surface area contributed by atoms with E-state index in [-0.39, 0.29) is 11.8 Å². The highest BCUT2D eigenvalue weighted by molar-refractivity contribution is 6.20. The fourth-order valence-corrected chi connectivity index (χ4v) is 6.74. The smallest absolute Gasteiger partial charge is 0.420 e. The summed E-state index contributed by atoms with van der Waals surface area (Å²) in [5.74, 6) is 0.680. The molecule has 5 heterocycles. The Hall–Kier alpha value is -5.79. The molecular formula is C36H25ClF2N8O3. The van der Waals surface area contributed by atoms with Gasteiger partial charge < -0.3 is 19.4 Å². The van der Waals surface area contributed by atoms with E-state index in [1.165, 1.54) is 24.3 Å². The molecule has 2 aliphatic rings. The molecule has 0 bridgehead atoms. The molecule has 3 aromatic carbocycles. The van der Waals surface area contributed by atoms with Gasteiger partial charge >= 0.3 is 5.57 Å². The van der Waals surface area contributed by atoms with E-state index in [0.717, 1.165) is 55.9 Å². The lowest BCUT2D eigenvalue weighted by atomic mass is 9.99. The van der Waals surface area contributed by atoms with E-state index in [9.17, 15) is 13.6 Å². The highest BCUT2D eigenvalue weighted by atomic mass is 35.5. The predicted octanol–water partition coefficient (Wildman–Crippen LogP) is 7.31. The van der Waals surface area contributed by atoms with Crippen molar-refractivity contribution in [2.45, 2.75) is 31.6 Å². The van der Waals surface area contributed by atoms with E-state index in [2.05, 4.69) is 32.6 Å². The van der Waals surface area contributed by atoms with Crippen molar-refractivity contribution in [3.63, 3.8) is 0 Å². The molecule has 1 atom stereocenters. The van der Waals surface area contributed by atoms with Gasteiger partial charge in [-0.3, -0.25) is 9.78 Å². The molecule has 4 aromatic heterocycles. The number of nitrogens with zero attached hydrogens (tertiary/aromatic N) is 7. The van der Waals surface area contributed by atoms with Crippen molar-refractivity contribution in [1.82, 2.24) is 34.3 Å². The Kier molecular flexibility index (Phi) is 6.90. The van der Waals surface area contributed by atoms with Gasteiger partial charge in [-0.15, -0.1) is 8.78 Å². The lowest BCUT2D eigenvalue weighted by Gasteiger charge is -2.23. The molecule has 0 radical (unpaired) electrons. The zero-order chi connectivity index (χ0) is 34.1. The molecule has 9 rings (SSSR count). The highest BCUT2D eigenvalue weighted by Crippen LogP contribution is 2.40. The van der Waals surface area contributed by atoms with E-state index in [1.807, 2.05) is 42.7 Å². The number of carbonyl (C=O) groups is 1. The lowest BCUT2D eigenvalue weighted by molar-refractivity contribution is -0.0964. The third-order valence-corrected chi connectivity index (χ3v) is 8.94. The number of halogens is 3. The van der Waals surface area contributed by atoms with Crippen molar-refractivity contribution in [3.05, 3.63) is 108 Å². The molecule has 11 nitrogen and oxygen atoms in total. The first-order chi connectivity index (χ1) is 24.2. The van der Waals surface area contributed by atoms with Crippen molar-refractivity contribution in [2.24, 2.45) is 0 Å². The molecule has 0 saturated heterocycles. The number of hydrogen-bond acceptors (Lipinski definition) is 8. The summed E-state index contributed by atoms with van der Waals surface area (Å²) < 4.78 is 40.1. The predicted molar refractivity (Wildman–Crippen MR) is 182 cm³/mol. The fraction of sp³-hybridized carbons (Fsp3) is 0.167. The number of pyridine rings is 1. The van der Waals surface area contributed by atoms with E-state index < -0.39 is 11.5 Å². The van der Waals surface area contributed by atoms with E-state index in [0.29, 0.717) is 42.4 Å². The summed E-state index contributed by atoms with van der Waals surface area (Å²) in [6, 6.07) is 18.9. The molecule has 14 heteroatoms. The Morgan fingerprint density at radius 3 is 2.70 bits per heavy atom. The van der Waals surface area contributed by atoms with Crippen LogP contribution in [0.25, 0.3) is 50.3 Å². The average molecular weight is 691 g/mol. The van der Waals surface area contributed by atoms with Crippen LogP contribution in [0.5, 0.6) is 5.75 Å². The lowest BCUT2D eigenvalue weighted by Crippen LogP contribution is -2.21. The first kappa shape index (κ1) is 30.3. The van der Waals surface area contributed by atoms with Gasteiger partial charge in [0.1, 0.15) is 18.2 Å². The van der Waals surface area contributed by atoms with Crippen LogP contribution in [0.15, 0.2) is 85.3 Å². The topological polar surface area (TPSA) is 122 Å². The second kappa shape index (κ2) is 11.4. The number of benzene rings is 3. The normalized spacial score (nSPS) is 15.2. The van der Waals surface area contributed by atoms with E-state index in [1.54, 1.807) is 16.9 Å². The van der Waals surface area contributed by atoms with Crippen LogP contribution in [0.3, 0.4) is 0 Å². The Labute approximate surface area is 287 Å². The van der Waals surface area contributed by atoms with E-state index >= 15 is 0 Å². The Bertz CT molecular complexity index is 2490. The maximum atomic E-state index is 13.6. The van der Waals surface area contributed by atoms with Gasteiger partial charge in [0.2, 0.25) is 0 Å². The number of anilines is 1. The molecule has 0 saturated carbocycles. The van der Waals surface area contributed by atoms with Gasteiger partial charge in [-0.25, -0.2) is 19.6 Å². The van der Waals surface area contributed by atoms with Gasteiger partial charge in [-0.05, 0) is 55.5 Å². The van der Waals surface area contributed by atoms with Gasteiger partial charge in [0.05, 0.1) is 40.6 Å². The van der Waals surface area contributed by atoms with Crippen LogP contribution in [0.1, 0.15) is 40.4 Å². The van der Waals surface area contributed by atoms with Gasteiger partial charge in [-0.1, -0.05) is 18.2 Å². The molecule has 0 fully saturated rings. The molecule has 7 aromatic rings. The number of nitrogens with one attached hydrogen (secondary N) is 1. The Morgan fingerprint density at radius 2 is 1.86 bits per heavy atom. The van der Waals surface area contributed by atoms with E-state index in [4.69, 9.17) is 36.4 Å². The number of ether oxygens (including phenoxy) is 2. The minimum absolute atomic E-state index is 0.00918. The average Bonchev–Trinajstić information content (AvgIpc) is 3.79. The van der Waals surface area contributed by atoms with Gasteiger partial charge in [-0.2, -0.15) is 5.10 Å². The molecule has 1 aliphatic carbocycles. The Morgan fingerprint density at radius 1 is 1.02 bits per heavy atom. The Balaban J connectivity index is 1.10. The molecule has 1 aliphatic heterocycles. The summed E-state index contributed by atoms with van der Waals surface area (Å²) >= 11 is 4.88. The van der Waals surface area contributed by atoms with Crippen molar-refractivity contribution in [3.8, 4) is 34.1 Å². The molecule has 0 unspecified atom stereocenters. The second-order valence-corrected chi connectivity index (χ2v) is 12.7. The van der Waals surface area contributed by atoms with Crippen molar-refractivity contribution < 1.29 is 23.0 Å². The number of aromatic nitrogens is 7. The quantitative estimate of drug-likeness (QED) is 0.180. The summed E-state index contributed by atoms with van der Waals surface area (Å²) in [5, 5.41) is 8.67. The number of alkyl halides is 3. The number of para-hydroxylation sites is 1. The summed E-state index contributed by atoms with van der Waals surface area (Å²) in [4.78, 5) is 32.6. The van der Waals surface area contributed by atoms with Crippen LogP contribution in [0.4, 0.5) is 14.5 Å². The maximum Gasteiger partial charge on any atom is 0.487 e. The number of imidazole rings is 1. The molecule has 1 amide bonds. The SMILES string of the molecule is C[C@@H]1COCc2nc3cc(C(=O)Nc4ccc(OC(F)(F)Cl)cc4)cc(-c4cnc5c(c4)-c4nn(-c6ncc7ccccc7n6)cc4C5)c3n21. The first-order valence-electron chi connectivity index (χ1n) is 15.8. The largest absolute Gasteiger partial charge is 0.487 e. The standard InChI is InChI=1S/C36H25ClF2N8O3/c1-19-17-49-18-31-43-30-12-21(34(48)42-24-6-8-25(9-7-24)50-36(37,38)39)10-26(33(30)47(19)31)22-11-27-29(40-15-22)13-23-16-46(45-32(23)27)35-41-14-20-4-2-3-5-28(20)44-35/h2-12,14-16,19H,13,17-18H2,1H3,(H,42,48)/t19-/m1/s1. The van der Waals surface area contributed by atoms with Crippen LogP contribution >= 0.6 is 11.6 Å². The maximum absolute atomic E-state index is 13.6. The molecule has 1 N–H and O–H groups in total. The molecule has 248 valence electrons. The van der Waals surface area contributed by atoms with Crippen molar-refractivity contribution in [2.75, 3.05) is 11.9 Å². The van der Waals surface area contributed by atoms with Gasteiger partial charge in [0, 0.05) is 75.5 Å². The fourth-order valence-electron chi connectivity index (χ4n) is 6.65. The van der Waals surface area contributed by atoms with Crippen LogP contribution in [-0.4, -0.2) is 52.4 Å². The van der Waals surface area contributed by atoms with Gasteiger partial charge in [0.25, 0.3) is 11.9 Å².